The Morgan fingerprint density at radius 2 is 1.52 bits per heavy atom. The van der Waals surface area contributed by atoms with E-state index in [1.807, 2.05) is 32.0 Å². The average molecular weight is 423 g/mol. The number of hydrogen-bond donors (Lipinski definition) is 1. The smallest absolute Gasteiger partial charge is 0.242 e. The summed E-state index contributed by atoms with van der Waals surface area (Å²) in [4.78, 5) is 27.6. The van der Waals surface area contributed by atoms with E-state index in [0.717, 1.165) is 12.0 Å². The number of likely N-dealkylation sites (N-methyl/N-ethyl adjacent to an activating group) is 1. The first-order valence-electron chi connectivity index (χ1n) is 11.5. The molecular formula is C27H38N2O2. The highest BCUT2D eigenvalue weighted by molar-refractivity contribution is 5.87. The van der Waals surface area contributed by atoms with E-state index in [2.05, 4.69) is 62.5 Å². The fourth-order valence-corrected chi connectivity index (χ4v) is 3.75. The third-order valence-electron chi connectivity index (χ3n) is 5.67. The summed E-state index contributed by atoms with van der Waals surface area (Å²) < 4.78 is 0. The van der Waals surface area contributed by atoms with E-state index >= 15 is 0 Å². The Balaban J connectivity index is 2.09. The van der Waals surface area contributed by atoms with Crippen LogP contribution >= 0.6 is 0 Å². The molecule has 0 bridgehead atoms. The van der Waals surface area contributed by atoms with Gasteiger partial charge in [0.15, 0.2) is 0 Å². The number of carbonyl (C=O) groups is 2. The minimum Gasteiger partial charge on any atom is -0.355 e. The highest BCUT2D eigenvalue weighted by Crippen LogP contribution is 2.22. The van der Waals surface area contributed by atoms with Gasteiger partial charge in [-0.3, -0.25) is 9.59 Å². The lowest BCUT2D eigenvalue weighted by atomic mass is 9.86. The van der Waals surface area contributed by atoms with E-state index in [9.17, 15) is 9.59 Å². The molecule has 168 valence electrons. The quantitative estimate of drug-likeness (QED) is 0.592. The van der Waals surface area contributed by atoms with E-state index < -0.39 is 6.04 Å². The van der Waals surface area contributed by atoms with Gasteiger partial charge in [0.25, 0.3) is 0 Å². The lowest BCUT2D eigenvalue weighted by Gasteiger charge is -2.30. The summed E-state index contributed by atoms with van der Waals surface area (Å²) in [6.45, 7) is 11.6. The van der Waals surface area contributed by atoms with Crippen molar-refractivity contribution in [3.8, 4) is 0 Å². The van der Waals surface area contributed by atoms with Gasteiger partial charge < -0.3 is 10.2 Å². The van der Waals surface area contributed by atoms with Crippen molar-refractivity contribution in [1.82, 2.24) is 10.2 Å². The molecule has 0 heterocycles. The van der Waals surface area contributed by atoms with Crippen molar-refractivity contribution in [2.24, 2.45) is 0 Å². The minimum atomic E-state index is -0.431. The molecule has 2 amide bonds. The molecule has 0 radical (unpaired) electrons. The Morgan fingerprint density at radius 1 is 0.903 bits per heavy atom. The molecule has 4 heteroatoms. The fourth-order valence-electron chi connectivity index (χ4n) is 3.75. The van der Waals surface area contributed by atoms with Crippen molar-refractivity contribution >= 4 is 11.8 Å². The van der Waals surface area contributed by atoms with Gasteiger partial charge in [-0.25, -0.2) is 0 Å². The lowest BCUT2D eigenvalue weighted by molar-refractivity contribution is -0.140. The summed E-state index contributed by atoms with van der Waals surface area (Å²) in [6, 6.07) is 18.2. The second kappa shape index (κ2) is 11.7. The van der Waals surface area contributed by atoms with Gasteiger partial charge in [0, 0.05) is 19.5 Å². The molecule has 2 aromatic carbocycles. The van der Waals surface area contributed by atoms with Gasteiger partial charge in [-0.2, -0.15) is 0 Å². The summed E-state index contributed by atoms with van der Waals surface area (Å²) in [6.07, 6.45) is 2.42. The summed E-state index contributed by atoms with van der Waals surface area (Å²) in [5.41, 5.74) is 3.72. The molecular weight excluding hydrogens is 384 g/mol. The van der Waals surface area contributed by atoms with Crippen LogP contribution in [0.3, 0.4) is 0 Å². The molecule has 0 saturated heterocycles. The van der Waals surface area contributed by atoms with Crippen LogP contribution in [0.15, 0.2) is 54.6 Å². The summed E-state index contributed by atoms with van der Waals surface area (Å²) in [5.74, 6) is -0.0325. The molecule has 0 aliphatic carbocycles. The molecule has 0 unspecified atom stereocenters. The van der Waals surface area contributed by atoms with Gasteiger partial charge in [0.1, 0.15) is 6.04 Å². The fraction of sp³-hybridized carbons (Fsp3) is 0.481. The largest absolute Gasteiger partial charge is 0.355 e. The molecule has 1 atom stereocenters. The Labute approximate surface area is 188 Å². The number of amides is 2. The van der Waals surface area contributed by atoms with Crippen molar-refractivity contribution in [3.05, 3.63) is 71.3 Å². The first-order valence-corrected chi connectivity index (χ1v) is 11.5. The standard InChI is InChI=1S/C27H38N2O2/c1-6-24(26(31)28-7-2)29(20-19-21-11-9-8-10-12-21)25(30)18-15-22-13-16-23(17-14-22)27(3,4)5/h8-14,16-17,24H,6-7,15,18-20H2,1-5H3,(H,28,31)/t24-/m0/s1. The van der Waals surface area contributed by atoms with Gasteiger partial charge in [-0.1, -0.05) is 82.3 Å². The van der Waals surface area contributed by atoms with E-state index in [0.29, 0.717) is 32.4 Å². The van der Waals surface area contributed by atoms with Crippen molar-refractivity contribution in [2.45, 2.75) is 71.8 Å². The van der Waals surface area contributed by atoms with E-state index in [4.69, 9.17) is 0 Å². The van der Waals surface area contributed by atoms with Crippen molar-refractivity contribution in [2.75, 3.05) is 13.1 Å². The molecule has 31 heavy (non-hydrogen) atoms. The number of rotatable bonds is 10. The predicted molar refractivity (Wildman–Crippen MR) is 128 cm³/mol. The number of nitrogens with zero attached hydrogens (tertiary/aromatic N) is 1. The minimum absolute atomic E-state index is 0.0360. The van der Waals surface area contributed by atoms with Crippen LogP contribution in [-0.4, -0.2) is 35.8 Å². The zero-order valence-electron chi connectivity index (χ0n) is 19.8. The van der Waals surface area contributed by atoms with Crippen LogP contribution in [0.25, 0.3) is 0 Å². The summed E-state index contributed by atoms with van der Waals surface area (Å²) >= 11 is 0. The SMILES string of the molecule is CCNC(=O)[C@H](CC)N(CCc1ccccc1)C(=O)CCc1ccc(C(C)(C)C)cc1. The Kier molecular flexibility index (Phi) is 9.29. The number of carbonyl (C=O) groups excluding carboxylic acids is 2. The molecule has 0 aliphatic heterocycles. The normalized spacial score (nSPS) is 12.3. The van der Waals surface area contributed by atoms with Crippen LogP contribution < -0.4 is 5.32 Å². The molecule has 0 fully saturated rings. The van der Waals surface area contributed by atoms with E-state index in [1.165, 1.54) is 11.1 Å². The van der Waals surface area contributed by atoms with Crippen molar-refractivity contribution in [3.63, 3.8) is 0 Å². The van der Waals surface area contributed by atoms with Crippen LogP contribution in [0.2, 0.25) is 0 Å². The Hall–Kier alpha value is -2.62. The van der Waals surface area contributed by atoms with Crippen LogP contribution in [0.5, 0.6) is 0 Å². The van der Waals surface area contributed by atoms with Gasteiger partial charge in [-0.15, -0.1) is 0 Å². The highest BCUT2D eigenvalue weighted by atomic mass is 16.2. The molecule has 2 aromatic rings. The van der Waals surface area contributed by atoms with Gasteiger partial charge >= 0.3 is 0 Å². The van der Waals surface area contributed by atoms with E-state index in [1.54, 1.807) is 4.90 Å². The predicted octanol–water partition coefficient (Wildman–Crippen LogP) is 4.90. The molecule has 0 saturated carbocycles. The summed E-state index contributed by atoms with van der Waals surface area (Å²) in [7, 11) is 0. The highest BCUT2D eigenvalue weighted by Gasteiger charge is 2.27. The molecule has 4 nitrogen and oxygen atoms in total. The maximum atomic E-state index is 13.2. The Bertz CT molecular complexity index is 823. The topological polar surface area (TPSA) is 49.4 Å². The van der Waals surface area contributed by atoms with Gasteiger partial charge in [0.2, 0.25) is 11.8 Å². The monoisotopic (exact) mass is 422 g/mol. The molecule has 0 aromatic heterocycles. The van der Waals surface area contributed by atoms with Crippen LogP contribution in [0.4, 0.5) is 0 Å². The molecule has 0 aliphatic rings. The molecule has 0 spiro atoms. The number of nitrogens with one attached hydrogen (secondary N) is 1. The molecule has 2 rings (SSSR count). The Morgan fingerprint density at radius 3 is 2.06 bits per heavy atom. The first kappa shape index (κ1) is 24.6. The zero-order valence-corrected chi connectivity index (χ0v) is 19.8. The van der Waals surface area contributed by atoms with Crippen molar-refractivity contribution < 1.29 is 9.59 Å². The number of aryl methyl sites for hydroxylation is 1. The zero-order chi connectivity index (χ0) is 22.9. The number of benzene rings is 2. The second-order valence-corrected chi connectivity index (χ2v) is 9.09. The van der Waals surface area contributed by atoms with Crippen molar-refractivity contribution in [1.29, 1.82) is 0 Å². The third-order valence-corrected chi connectivity index (χ3v) is 5.67. The van der Waals surface area contributed by atoms with Crippen LogP contribution in [0.1, 0.15) is 64.2 Å². The van der Waals surface area contributed by atoms with Crippen LogP contribution in [-0.2, 0) is 27.8 Å². The number of hydrogen-bond acceptors (Lipinski definition) is 2. The first-order chi connectivity index (χ1) is 14.8. The maximum Gasteiger partial charge on any atom is 0.242 e. The summed E-state index contributed by atoms with van der Waals surface area (Å²) in [5, 5.41) is 2.89. The second-order valence-electron chi connectivity index (χ2n) is 9.09. The average Bonchev–Trinajstić information content (AvgIpc) is 2.75. The lowest BCUT2D eigenvalue weighted by Crippen LogP contribution is -2.50. The maximum absolute atomic E-state index is 13.2. The van der Waals surface area contributed by atoms with Gasteiger partial charge in [0.05, 0.1) is 0 Å². The van der Waals surface area contributed by atoms with Gasteiger partial charge in [-0.05, 0) is 48.3 Å². The third kappa shape index (κ3) is 7.54. The molecule has 1 N–H and O–H groups in total. The van der Waals surface area contributed by atoms with Crippen LogP contribution in [0, 0.1) is 0 Å². The van der Waals surface area contributed by atoms with E-state index in [-0.39, 0.29) is 17.2 Å².